The van der Waals surface area contributed by atoms with E-state index in [9.17, 15) is 0 Å². The van der Waals surface area contributed by atoms with Gasteiger partial charge in [0, 0.05) is 12.6 Å². The average molecular weight is 447 g/mol. The third kappa shape index (κ3) is 6.03. The van der Waals surface area contributed by atoms with Crippen molar-refractivity contribution in [3.8, 4) is 11.5 Å². The number of rotatable bonds is 9. The van der Waals surface area contributed by atoms with Crippen LogP contribution in [0.15, 0.2) is 23.2 Å². The highest BCUT2D eigenvalue weighted by Gasteiger charge is 2.41. The van der Waals surface area contributed by atoms with Gasteiger partial charge in [-0.1, -0.05) is 13.3 Å². The zero-order valence-corrected chi connectivity index (χ0v) is 17.3. The number of nitrogens with two attached hydrogens (primary N) is 1. The van der Waals surface area contributed by atoms with E-state index < -0.39 is 0 Å². The number of hydrogen-bond acceptors (Lipinski definition) is 3. The molecule has 24 heavy (non-hydrogen) atoms. The molecule has 0 saturated heterocycles. The number of benzene rings is 1. The third-order valence-electron chi connectivity index (χ3n) is 4.15. The van der Waals surface area contributed by atoms with Crippen LogP contribution in [-0.4, -0.2) is 25.7 Å². The monoisotopic (exact) mass is 447 g/mol. The Morgan fingerprint density at radius 2 is 1.92 bits per heavy atom. The minimum absolute atomic E-state index is 0. The molecule has 0 unspecified atom stereocenters. The van der Waals surface area contributed by atoms with Gasteiger partial charge in [0.25, 0.3) is 0 Å². The Morgan fingerprint density at radius 1 is 1.21 bits per heavy atom. The third-order valence-corrected chi connectivity index (χ3v) is 4.15. The number of halogens is 1. The molecule has 3 N–H and O–H groups in total. The van der Waals surface area contributed by atoms with Crippen molar-refractivity contribution < 1.29 is 9.47 Å². The maximum Gasteiger partial charge on any atom is 0.193 e. The van der Waals surface area contributed by atoms with Gasteiger partial charge in [0.05, 0.1) is 18.9 Å². The second-order valence-corrected chi connectivity index (χ2v) is 6.10. The van der Waals surface area contributed by atoms with Crippen LogP contribution >= 0.6 is 24.0 Å². The number of nitrogens with zero attached hydrogens (tertiary/aromatic N) is 1. The number of aliphatic imine (C=N–C) groups is 1. The average Bonchev–Trinajstić information content (AvgIpc) is 3.29. The van der Waals surface area contributed by atoms with Gasteiger partial charge in [-0.15, -0.1) is 24.0 Å². The van der Waals surface area contributed by atoms with E-state index in [1.165, 1.54) is 25.7 Å². The molecule has 6 heteroatoms. The Bertz CT molecular complexity index is 545. The lowest BCUT2D eigenvalue weighted by Gasteiger charge is -2.15. The van der Waals surface area contributed by atoms with Gasteiger partial charge >= 0.3 is 0 Å². The molecule has 1 aromatic carbocycles. The van der Waals surface area contributed by atoms with Crippen LogP contribution in [0.3, 0.4) is 0 Å². The minimum atomic E-state index is 0. The quantitative estimate of drug-likeness (QED) is 0.334. The molecule has 1 aliphatic rings. The predicted octanol–water partition coefficient (Wildman–Crippen LogP) is 4.41. The summed E-state index contributed by atoms with van der Waals surface area (Å²) in [7, 11) is 0. The maximum atomic E-state index is 6.07. The van der Waals surface area contributed by atoms with Crippen molar-refractivity contribution in [1.82, 2.24) is 0 Å². The molecule has 1 saturated carbocycles. The van der Waals surface area contributed by atoms with E-state index >= 15 is 0 Å². The summed E-state index contributed by atoms with van der Waals surface area (Å²) in [4.78, 5) is 4.54. The Balaban J connectivity index is 0.00000288. The zero-order chi connectivity index (χ0) is 16.7. The summed E-state index contributed by atoms with van der Waals surface area (Å²) in [5, 5.41) is 3.16. The van der Waals surface area contributed by atoms with Gasteiger partial charge in [0.2, 0.25) is 0 Å². The molecule has 0 aliphatic heterocycles. The number of nitrogens with one attached hydrogen (secondary N) is 1. The highest BCUT2D eigenvalue weighted by molar-refractivity contribution is 14.0. The Hall–Kier alpha value is -1.18. The zero-order valence-electron chi connectivity index (χ0n) is 14.9. The van der Waals surface area contributed by atoms with Gasteiger partial charge in [0.1, 0.15) is 11.5 Å². The van der Waals surface area contributed by atoms with Crippen molar-refractivity contribution in [2.24, 2.45) is 16.1 Å². The summed E-state index contributed by atoms with van der Waals surface area (Å²) in [6.45, 7) is 8.16. The van der Waals surface area contributed by atoms with Crippen LogP contribution in [0.1, 0.15) is 46.5 Å². The number of ether oxygens (including phenoxy) is 2. The Labute approximate surface area is 162 Å². The van der Waals surface area contributed by atoms with Crippen molar-refractivity contribution >= 4 is 35.6 Å². The molecule has 1 aromatic rings. The largest absolute Gasteiger partial charge is 0.494 e. The number of guanidine groups is 1. The summed E-state index contributed by atoms with van der Waals surface area (Å²) in [6.07, 6.45) is 4.96. The van der Waals surface area contributed by atoms with Crippen LogP contribution in [0.2, 0.25) is 0 Å². The molecule has 2 rings (SSSR count). The standard InChI is InChI=1S/C18H29N3O2.HI/c1-4-9-18(10-11-18)13-20-17(19)21-15-12-14(22-5-2)7-8-16(15)23-6-3;/h7-8,12H,4-6,9-11,13H2,1-3H3,(H3,19,20,21);1H. The van der Waals surface area contributed by atoms with Crippen LogP contribution in [0, 0.1) is 5.41 Å². The summed E-state index contributed by atoms with van der Waals surface area (Å²) < 4.78 is 11.2. The molecule has 0 atom stereocenters. The molecule has 5 nitrogen and oxygen atoms in total. The van der Waals surface area contributed by atoms with E-state index in [4.69, 9.17) is 15.2 Å². The van der Waals surface area contributed by atoms with E-state index in [1.54, 1.807) is 0 Å². The van der Waals surface area contributed by atoms with Crippen LogP contribution in [0.5, 0.6) is 11.5 Å². The number of anilines is 1. The molecule has 0 radical (unpaired) electrons. The van der Waals surface area contributed by atoms with E-state index in [0.717, 1.165) is 23.7 Å². The van der Waals surface area contributed by atoms with Crippen LogP contribution in [0.25, 0.3) is 0 Å². The van der Waals surface area contributed by atoms with Crippen molar-refractivity contribution in [1.29, 1.82) is 0 Å². The molecule has 0 bridgehead atoms. The van der Waals surface area contributed by atoms with Crippen molar-refractivity contribution in [2.45, 2.75) is 46.5 Å². The molecule has 1 aliphatic carbocycles. The van der Waals surface area contributed by atoms with Gasteiger partial charge in [-0.2, -0.15) is 0 Å². The highest BCUT2D eigenvalue weighted by Crippen LogP contribution is 2.49. The van der Waals surface area contributed by atoms with Crippen molar-refractivity contribution in [3.05, 3.63) is 18.2 Å². The molecular weight excluding hydrogens is 417 g/mol. The van der Waals surface area contributed by atoms with Gasteiger partial charge in [0.15, 0.2) is 5.96 Å². The second-order valence-electron chi connectivity index (χ2n) is 6.10. The van der Waals surface area contributed by atoms with Crippen LogP contribution < -0.4 is 20.5 Å². The molecular formula is C18H30IN3O2. The van der Waals surface area contributed by atoms with E-state index in [0.29, 0.717) is 24.6 Å². The first-order chi connectivity index (χ1) is 11.1. The summed E-state index contributed by atoms with van der Waals surface area (Å²) in [5.74, 6) is 1.97. The van der Waals surface area contributed by atoms with Crippen LogP contribution in [0.4, 0.5) is 5.69 Å². The fourth-order valence-corrected chi connectivity index (χ4v) is 2.77. The maximum absolute atomic E-state index is 6.07. The van der Waals surface area contributed by atoms with Crippen LogP contribution in [-0.2, 0) is 0 Å². The lowest BCUT2D eigenvalue weighted by molar-refractivity contribution is 0.332. The van der Waals surface area contributed by atoms with Gasteiger partial charge in [-0.25, -0.2) is 0 Å². The normalized spacial score (nSPS) is 15.4. The highest BCUT2D eigenvalue weighted by atomic mass is 127. The Morgan fingerprint density at radius 3 is 2.50 bits per heavy atom. The minimum Gasteiger partial charge on any atom is -0.494 e. The lowest BCUT2D eigenvalue weighted by atomic mass is 10.0. The molecule has 136 valence electrons. The molecule has 0 heterocycles. The van der Waals surface area contributed by atoms with Gasteiger partial charge in [-0.05, 0) is 50.7 Å². The molecule has 0 aromatic heterocycles. The number of hydrogen-bond donors (Lipinski definition) is 2. The SMILES string of the molecule is CCCC1(CN=C(N)Nc2cc(OCC)ccc2OCC)CC1.I. The summed E-state index contributed by atoms with van der Waals surface area (Å²) in [5.41, 5.74) is 7.26. The first-order valence-electron chi connectivity index (χ1n) is 8.59. The van der Waals surface area contributed by atoms with Gasteiger partial charge in [-0.3, -0.25) is 4.99 Å². The second kappa shape index (κ2) is 9.96. The molecule has 1 fully saturated rings. The van der Waals surface area contributed by atoms with E-state index in [-0.39, 0.29) is 24.0 Å². The fraction of sp³-hybridized carbons (Fsp3) is 0.611. The topological polar surface area (TPSA) is 68.9 Å². The summed E-state index contributed by atoms with van der Waals surface area (Å²) >= 11 is 0. The van der Waals surface area contributed by atoms with Crippen molar-refractivity contribution in [3.63, 3.8) is 0 Å². The predicted molar refractivity (Wildman–Crippen MR) is 111 cm³/mol. The van der Waals surface area contributed by atoms with E-state index in [1.807, 2.05) is 32.0 Å². The molecule has 0 spiro atoms. The summed E-state index contributed by atoms with van der Waals surface area (Å²) in [6, 6.07) is 5.69. The molecule has 0 amide bonds. The fourth-order valence-electron chi connectivity index (χ4n) is 2.77. The Kier molecular flexibility index (Phi) is 8.66. The van der Waals surface area contributed by atoms with Gasteiger partial charge < -0.3 is 20.5 Å². The van der Waals surface area contributed by atoms with E-state index in [2.05, 4.69) is 17.2 Å². The first-order valence-corrected chi connectivity index (χ1v) is 8.59. The lowest BCUT2D eigenvalue weighted by Crippen LogP contribution is -2.24. The smallest absolute Gasteiger partial charge is 0.193 e. The first kappa shape index (κ1) is 20.9. The van der Waals surface area contributed by atoms with Crippen molar-refractivity contribution in [2.75, 3.05) is 25.1 Å².